The summed E-state index contributed by atoms with van der Waals surface area (Å²) in [6.45, 7) is 2.34. The second-order valence-corrected chi connectivity index (χ2v) is 4.87. The maximum absolute atomic E-state index is 11.9. The molecular formula is C12H20N2O2. The van der Waals surface area contributed by atoms with Crippen molar-refractivity contribution < 1.29 is 9.53 Å². The van der Waals surface area contributed by atoms with Gasteiger partial charge in [0.05, 0.1) is 12.2 Å². The average molecular weight is 224 g/mol. The second-order valence-electron chi connectivity index (χ2n) is 4.87. The zero-order valence-electron chi connectivity index (χ0n) is 10.1. The molecule has 2 fully saturated rings. The lowest BCUT2D eigenvalue weighted by atomic mass is 10.2. The van der Waals surface area contributed by atoms with Crippen LogP contribution in [0.2, 0.25) is 0 Å². The first-order valence-electron chi connectivity index (χ1n) is 5.91. The smallest absolute Gasteiger partial charge is 0.246 e. The normalized spacial score (nSPS) is 29.3. The number of hydrogen-bond donors (Lipinski definition) is 0. The van der Waals surface area contributed by atoms with Crippen molar-refractivity contribution in [2.75, 3.05) is 33.7 Å². The van der Waals surface area contributed by atoms with Gasteiger partial charge in [0.1, 0.15) is 0 Å². The first-order chi connectivity index (χ1) is 7.65. The van der Waals surface area contributed by atoms with Gasteiger partial charge in [0.2, 0.25) is 5.91 Å². The van der Waals surface area contributed by atoms with Crippen molar-refractivity contribution in [3.05, 3.63) is 12.2 Å². The van der Waals surface area contributed by atoms with Crippen molar-refractivity contribution in [3.63, 3.8) is 0 Å². The van der Waals surface area contributed by atoms with E-state index in [-0.39, 0.29) is 18.1 Å². The first-order valence-corrected chi connectivity index (χ1v) is 5.91. The summed E-state index contributed by atoms with van der Waals surface area (Å²) in [7, 11) is 3.98. The molecule has 2 atom stereocenters. The molecule has 0 radical (unpaired) electrons. The minimum Gasteiger partial charge on any atom is -0.371 e. The van der Waals surface area contributed by atoms with Crippen LogP contribution in [0.15, 0.2) is 12.2 Å². The van der Waals surface area contributed by atoms with Crippen LogP contribution in [0.4, 0.5) is 0 Å². The first kappa shape index (κ1) is 11.6. The van der Waals surface area contributed by atoms with E-state index < -0.39 is 0 Å². The highest BCUT2D eigenvalue weighted by Gasteiger charge is 2.34. The highest BCUT2D eigenvalue weighted by molar-refractivity contribution is 5.87. The molecule has 2 bridgehead atoms. The van der Waals surface area contributed by atoms with Crippen molar-refractivity contribution in [2.45, 2.75) is 25.0 Å². The number of ether oxygens (including phenoxy) is 1. The number of likely N-dealkylation sites (N-methyl/N-ethyl adjacent to an activating group) is 1. The highest BCUT2D eigenvalue weighted by atomic mass is 16.5. The Balaban J connectivity index is 1.83. The Morgan fingerprint density at radius 1 is 1.38 bits per heavy atom. The Labute approximate surface area is 96.8 Å². The van der Waals surface area contributed by atoms with Gasteiger partial charge in [0.15, 0.2) is 0 Å². The number of amides is 1. The van der Waals surface area contributed by atoms with Gasteiger partial charge in [-0.1, -0.05) is 6.08 Å². The Hall–Kier alpha value is -0.870. The fraction of sp³-hybridized carbons (Fsp3) is 0.750. The molecule has 2 aliphatic rings. The molecule has 0 N–H and O–H groups in total. The van der Waals surface area contributed by atoms with Crippen LogP contribution < -0.4 is 0 Å². The molecule has 16 heavy (non-hydrogen) atoms. The Bertz CT molecular complexity index is 277. The van der Waals surface area contributed by atoms with Crippen LogP contribution in [-0.4, -0.2) is 61.6 Å². The monoisotopic (exact) mass is 224 g/mol. The van der Waals surface area contributed by atoms with Crippen molar-refractivity contribution in [1.82, 2.24) is 9.80 Å². The van der Waals surface area contributed by atoms with E-state index in [9.17, 15) is 4.79 Å². The van der Waals surface area contributed by atoms with Gasteiger partial charge in [-0.05, 0) is 26.9 Å². The highest BCUT2D eigenvalue weighted by Crippen LogP contribution is 2.26. The van der Waals surface area contributed by atoms with Crippen molar-refractivity contribution in [2.24, 2.45) is 0 Å². The van der Waals surface area contributed by atoms with Crippen molar-refractivity contribution >= 4 is 5.91 Å². The predicted molar refractivity (Wildman–Crippen MR) is 62.2 cm³/mol. The van der Waals surface area contributed by atoms with Crippen LogP contribution in [0.3, 0.4) is 0 Å². The van der Waals surface area contributed by atoms with Crippen LogP contribution in [0.1, 0.15) is 12.8 Å². The van der Waals surface area contributed by atoms with E-state index in [4.69, 9.17) is 4.74 Å². The number of rotatable bonds is 3. The molecule has 2 aliphatic heterocycles. The van der Waals surface area contributed by atoms with Crippen LogP contribution in [0.25, 0.3) is 0 Å². The summed E-state index contributed by atoms with van der Waals surface area (Å²) in [4.78, 5) is 15.8. The number of morpholine rings is 1. The van der Waals surface area contributed by atoms with Crippen LogP contribution in [0, 0.1) is 0 Å². The molecule has 90 valence electrons. The molecular weight excluding hydrogens is 204 g/mol. The topological polar surface area (TPSA) is 32.8 Å². The lowest BCUT2D eigenvalue weighted by molar-refractivity contribution is -0.134. The fourth-order valence-corrected chi connectivity index (χ4v) is 2.26. The maximum atomic E-state index is 11.9. The van der Waals surface area contributed by atoms with E-state index >= 15 is 0 Å². The van der Waals surface area contributed by atoms with E-state index in [1.165, 1.54) is 0 Å². The van der Waals surface area contributed by atoms with Gasteiger partial charge in [-0.3, -0.25) is 4.79 Å². The second kappa shape index (κ2) is 4.97. The van der Waals surface area contributed by atoms with Gasteiger partial charge in [-0.2, -0.15) is 0 Å². The predicted octanol–water partition coefficient (Wildman–Crippen LogP) is 0.494. The number of likely N-dealkylation sites (tertiary alicyclic amines) is 1. The van der Waals surface area contributed by atoms with Gasteiger partial charge in [0, 0.05) is 25.7 Å². The molecule has 0 aromatic heterocycles. The lowest BCUT2D eigenvalue weighted by Gasteiger charge is -2.31. The molecule has 0 spiro atoms. The molecule has 0 saturated carbocycles. The van der Waals surface area contributed by atoms with Crippen LogP contribution in [0.5, 0.6) is 0 Å². The molecule has 2 saturated heterocycles. The minimum atomic E-state index is 0.127. The summed E-state index contributed by atoms with van der Waals surface area (Å²) in [5.41, 5.74) is 0. The summed E-state index contributed by atoms with van der Waals surface area (Å²) < 4.78 is 5.69. The third-order valence-electron chi connectivity index (χ3n) is 3.09. The number of fused-ring (bicyclic) bond motifs is 2. The van der Waals surface area contributed by atoms with E-state index in [0.717, 1.165) is 32.5 Å². The van der Waals surface area contributed by atoms with Gasteiger partial charge in [0.25, 0.3) is 0 Å². The number of carbonyl (C=O) groups is 1. The quantitative estimate of drug-likeness (QED) is 0.654. The zero-order valence-corrected chi connectivity index (χ0v) is 10.1. The summed E-state index contributed by atoms with van der Waals surface area (Å²) >= 11 is 0. The van der Waals surface area contributed by atoms with Crippen LogP contribution >= 0.6 is 0 Å². The zero-order chi connectivity index (χ0) is 11.5. The van der Waals surface area contributed by atoms with Gasteiger partial charge >= 0.3 is 0 Å². The fourth-order valence-electron chi connectivity index (χ4n) is 2.26. The molecule has 0 aliphatic carbocycles. The molecule has 2 unspecified atom stereocenters. The van der Waals surface area contributed by atoms with Gasteiger partial charge in [-0.15, -0.1) is 0 Å². The molecule has 0 aromatic carbocycles. The number of carbonyl (C=O) groups excluding carboxylic acids is 1. The van der Waals surface area contributed by atoms with Crippen molar-refractivity contribution in [1.29, 1.82) is 0 Å². The largest absolute Gasteiger partial charge is 0.371 e. The SMILES string of the molecule is CN(C)C/C=C/C(=O)N1CC2CCC(C1)O2. The van der Waals surface area contributed by atoms with Gasteiger partial charge < -0.3 is 14.5 Å². The summed E-state index contributed by atoms with van der Waals surface area (Å²) in [5.74, 6) is 0.127. The van der Waals surface area contributed by atoms with E-state index in [1.54, 1.807) is 6.08 Å². The maximum Gasteiger partial charge on any atom is 0.246 e. The van der Waals surface area contributed by atoms with Crippen molar-refractivity contribution in [3.8, 4) is 0 Å². The Kier molecular flexibility index (Phi) is 3.61. The number of nitrogens with zero attached hydrogens (tertiary/aromatic N) is 2. The Morgan fingerprint density at radius 2 is 2.00 bits per heavy atom. The standard InChI is InChI=1S/C12H20N2O2/c1-13(2)7-3-4-12(15)14-8-10-5-6-11(9-14)16-10/h3-4,10-11H,5-9H2,1-2H3/b4-3+. The summed E-state index contributed by atoms with van der Waals surface area (Å²) in [5, 5.41) is 0. The third-order valence-corrected chi connectivity index (χ3v) is 3.09. The molecule has 2 heterocycles. The molecule has 0 aromatic rings. The molecule has 2 rings (SSSR count). The van der Waals surface area contributed by atoms with E-state index in [2.05, 4.69) is 0 Å². The number of hydrogen-bond acceptors (Lipinski definition) is 3. The third kappa shape index (κ3) is 2.83. The minimum absolute atomic E-state index is 0.127. The Morgan fingerprint density at radius 3 is 2.56 bits per heavy atom. The van der Waals surface area contributed by atoms with Crippen LogP contribution in [-0.2, 0) is 9.53 Å². The average Bonchev–Trinajstić information content (AvgIpc) is 2.57. The van der Waals surface area contributed by atoms with Gasteiger partial charge in [-0.25, -0.2) is 0 Å². The molecule has 4 heteroatoms. The molecule has 4 nitrogen and oxygen atoms in total. The summed E-state index contributed by atoms with van der Waals surface area (Å²) in [6.07, 6.45) is 6.38. The van der Waals surface area contributed by atoms with E-state index in [0.29, 0.717) is 0 Å². The van der Waals surface area contributed by atoms with E-state index in [1.807, 2.05) is 30.0 Å². The summed E-state index contributed by atoms with van der Waals surface area (Å²) in [6, 6.07) is 0. The molecule has 1 amide bonds. The lowest BCUT2D eigenvalue weighted by Crippen LogP contribution is -2.45.